The summed E-state index contributed by atoms with van der Waals surface area (Å²) in [5, 5.41) is 18.7. The van der Waals surface area contributed by atoms with Gasteiger partial charge in [-0.2, -0.15) is 20.1 Å². The number of nitrogens with zero attached hydrogens (tertiary/aromatic N) is 6. The molecule has 10 nitrogen and oxygen atoms in total. The molecule has 0 aliphatic heterocycles. The number of rotatable bonds is 6. The van der Waals surface area contributed by atoms with Crippen molar-refractivity contribution >= 4 is 40.7 Å². The maximum Gasteiger partial charge on any atom is 0.274 e. The van der Waals surface area contributed by atoms with E-state index in [1.165, 1.54) is 22.6 Å². The van der Waals surface area contributed by atoms with Gasteiger partial charge in [0.2, 0.25) is 0 Å². The third-order valence-corrected chi connectivity index (χ3v) is 5.23. The van der Waals surface area contributed by atoms with Gasteiger partial charge in [0.1, 0.15) is 12.2 Å². The molecular weight excluding hydrogens is 467 g/mol. The number of aromatic nitrogens is 6. The average Bonchev–Trinajstić information content (AvgIpc) is 3.45. The maximum absolute atomic E-state index is 13.4. The van der Waals surface area contributed by atoms with Gasteiger partial charge >= 0.3 is 0 Å². The Morgan fingerprint density at radius 3 is 2.52 bits per heavy atom. The second-order valence-corrected chi connectivity index (χ2v) is 7.82. The van der Waals surface area contributed by atoms with E-state index in [4.69, 9.17) is 23.2 Å². The number of carbonyl (C=O) groups is 2. The zero-order valence-electron chi connectivity index (χ0n) is 17.6. The van der Waals surface area contributed by atoms with Crippen molar-refractivity contribution < 1.29 is 9.59 Å². The molecule has 4 aromatic rings. The minimum atomic E-state index is -0.514. The summed E-state index contributed by atoms with van der Waals surface area (Å²) in [5.41, 5.74) is 1.86. The highest BCUT2D eigenvalue weighted by Gasteiger charge is 2.23. The molecule has 0 fully saturated rings. The van der Waals surface area contributed by atoms with Crippen LogP contribution in [0.5, 0.6) is 0 Å². The van der Waals surface area contributed by atoms with E-state index in [-0.39, 0.29) is 29.5 Å². The Balaban J connectivity index is 1.77. The molecule has 0 saturated carbocycles. The molecule has 0 atom stereocenters. The van der Waals surface area contributed by atoms with Gasteiger partial charge in [0, 0.05) is 18.3 Å². The van der Waals surface area contributed by atoms with Crippen molar-refractivity contribution in [3.63, 3.8) is 0 Å². The molecule has 0 aliphatic rings. The first-order valence-corrected chi connectivity index (χ1v) is 10.5. The number of anilines is 1. The summed E-state index contributed by atoms with van der Waals surface area (Å²) in [5.74, 6) is -0.620. The highest BCUT2D eigenvalue weighted by molar-refractivity contribution is 6.32. The van der Waals surface area contributed by atoms with E-state index in [1.807, 2.05) is 0 Å². The topological polar surface area (TPSA) is 120 Å². The lowest BCUT2D eigenvalue weighted by atomic mass is 10.1. The number of hydrogen-bond acceptors (Lipinski definition) is 6. The summed E-state index contributed by atoms with van der Waals surface area (Å²) in [6.07, 6.45) is 4.64. The first kappa shape index (κ1) is 22.4. The van der Waals surface area contributed by atoms with Gasteiger partial charge in [-0.3, -0.25) is 9.59 Å². The predicted octanol–water partition coefficient (Wildman–Crippen LogP) is 3.13. The van der Waals surface area contributed by atoms with E-state index in [2.05, 4.69) is 30.9 Å². The van der Waals surface area contributed by atoms with Crippen LogP contribution in [0, 0.1) is 6.92 Å². The molecule has 2 amide bonds. The molecule has 0 unspecified atom stereocenters. The van der Waals surface area contributed by atoms with Crippen molar-refractivity contribution in [2.45, 2.75) is 13.5 Å². The monoisotopic (exact) mass is 484 g/mol. The van der Waals surface area contributed by atoms with Crippen LogP contribution in [-0.2, 0) is 6.54 Å². The van der Waals surface area contributed by atoms with Gasteiger partial charge in [0.05, 0.1) is 34.4 Å². The van der Waals surface area contributed by atoms with Gasteiger partial charge in [-0.15, -0.1) is 0 Å². The number of benzene rings is 1. The lowest BCUT2D eigenvalue weighted by Gasteiger charge is -2.14. The first-order valence-electron chi connectivity index (χ1n) is 9.75. The molecule has 2 N–H and O–H groups in total. The standard InChI is InChI=1S/C21H18Cl2N8O2/c1-12-8-13(22)9-15(20(32)24-2)18(12)28-21(33)17-10-14(11-30-26-6-7-27-30)29-31(17)19-16(23)4-3-5-25-19/h3-10H,11H2,1-2H3,(H,24,32)(H,28,33). The number of pyridine rings is 1. The Morgan fingerprint density at radius 2 is 1.82 bits per heavy atom. The molecule has 3 heterocycles. The van der Waals surface area contributed by atoms with Crippen LogP contribution >= 0.6 is 23.2 Å². The Bertz CT molecular complexity index is 1330. The zero-order chi connectivity index (χ0) is 23.5. The molecule has 33 heavy (non-hydrogen) atoms. The quantitative estimate of drug-likeness (QED) is 0.433. The molecular formula is C21H18Cl2N8O2. The van der Waals surface area contributed by atoms with Crippen molar-refractivity contribution in [3.05, 3.63) is 81.5 Å². The number of carbonyl (C=O) groups excluding carboxylic acids is 2. The molecule has 168 valence electrons. The van der Waals surface area contributed by atoms with Gasteiger partial charge in [0.15, 0.2) is 5.82 Å². The third kappa shape index (κ3) is 4.71. The van der Waals surface area contributed by atoms with Crippen LogP contribution in [0.4, 0.5) is 5.69 Å². The number of amides is 2. The normalized spacial score (nSPS) is 10.8. The van der Waals surface area contributed by atoms with Gasteiger partial charge < -0.3 is 10.6 Å². The molecule has 12 heteroatoms. The van der Waals surface area contributed by atoms with E-state index in [0.717, 1.165) is 0 Å². The molecule has 4 rings (SSSR count). The van der Waals surface area contributed by atoms with Crippen molar-refractivity contribution in [2.75, 3.05) is 12.4 Å². The van der Waals surface area contributed by atoms with Crippen LogP contribution in [-0.4, -0.2) is 48.6 Å². The van der Waals surface area contributed by atoms with Crippen LogP contribution in [0.2, 0.25) is 10.0 Å². The van der Waals surface area contributed by atoms with Crippen molar-refractivity contribution in [2.24, 2.45) is 0 Å². The Labute approximate surface area is 198 Å². The highest BCUT2D eigenvalue weighted by Crippen LogP contribution is 2.27. The Kier molecular flexibility index (Phi) is 6.38. The van der Waals surface area contributed by atoms with E-state index in [9.17, 15) is 9.59 Å². The van der Waals surface area contributed by atoms with E-state index < -0.39 is 5.91 Å². The third-order valence-electron chi connectivity index (χ3n) is 4.71. The first-order chi connectivity index (χ1) is 15.9. The minimum Gasteiger partial charge on any atom is -0.355 e. The van der Waals surface area contributed by atoms with Crippen LogP contribution in [0.15, 0.2) is 48.9 Å². The summed E-state index contributed by atoms with van der Waals surface area (Å²) in [7, 11) is 1.50. The van der Waals surface area contributed by atoms with Gasteiger partial charge in [-0.05, 0) is 42.8 Å². The summed E-state index contributed by atoms with van der Waals surface area (Å²) in [6.45, 7) is 1.98. The smallest absolute Gasteiger partial charge is 0.274 e. The number of nitrogens with one attached hydrogen (secondary N) is 2. The summed E-state index contributed by atoms with van der Waals surface area (Å²) in [6, 6.07) is 8.07. The van der Waals surface area contributed by atoms with Crippen LogP contribution in [0.25, 0.3) is 5.82 Å². The molecule has 0 radical (unpaired) electrons. The van der Waals surface area contributed by atoms with Crippen molar-refractivity contribution in [1.29, 1.82) is 0 Å². The van der Waals surface area contributed by atoms with Gasteiger partial charge in [0.25, 0.3) is 11.8 Å². The SMILES string of the molecule is CNC(=O)c1cc(Cl)cc(C)c1NC(=O)c1cc(Cn2nccn2)nn1-c1ncccc1Cl. The Hall–Kier alpha value is -3.76. The molecule has 1 aromatic carbocycles. The lowest BCUT2D eigenvalue weighted by molar-refractivity contribution is 0.0964. The fraction of sp³-hybridized carbons (Fsp3) is 0.143. The minimum absolute atomic E-state index is 0.162. The van der Waals surface area contributed by atoms with Crippen LogP contribution in [0.3, 0.4) is 0 Å². The summed E-state index contributed by atoms with van der Waals surface area (Å²) in [4.78, 5) is 31.5. The predicted molar refractivity (Wildman–Crippen MR) is 123 cm³/mol. The van der Waals surface area contributed by atoms with E-state index in [0.29, 0.717) is 27.0 Å². The molecule has 3 aromatic heterocycles. The van der Waals surface area contributed by atoms with Crippen molar-refractivity contribution in [3.8, 4) is 5.82 Å². The van der Waals surface area contributed by atoms with Gasteiger partial charge in [-0.25, -0.2) is 9.67 Å². The Morgan fingerprint density at radius 1 is 1.06 bits per heavy atom. The van der Waals surface area contributed by atoms with E-state index >= 15 is 0 Å². The second kappa shape index (κ2) is 9.39. The van der Waals surface area contributed by atoms with Crippen LogP contribution in [0.1, 0.15) is 32.1 Å². The molecule has 0 spiro atoms. The highest BCUT2D eigenvalue weighted by atomic mass is 35.5. The molecule has 0 bridgehead atoms. The zero-order valence-corrected chi connectivity index (χ0v) is 19.1. The second-order valence-electron chi connectivity index (χ2n) is 6.98. The fourth-order valence-electron chi connectivity index (χ4n) is 3.23. The molecule has 0 aliphatic carbocycles. The summed E-state index contributed by atoms with van der Waals surface area (Å²) < 4.78 is 1.35. The number of aryl methyl sites for hydroxylation is 1. The van der Waals surface area contributed by atoms with Crippen molar-refractivity contribution in [1.82, 2.24) is 35.1 Å². The fourth-order valence-corrected chi connectivity index (χ4v) is 3.71. The summed E-state index contributed by atoms with van der Waals surface area (Å²) >= 11 is 12.4. The lowest BCUT2D eigenvalue weighted by Crippen LogP contribution is -2.23. The number of halogens is 2. The molecule has 0 saturated heterocycles. The average molecular weight is 485 g/mol. The largest absolute Gasteiger partial charge is 0.355 e. The maximum atomic E-state index is 13.4. The number of hydrogen-bond donors (Lipinski definition) is 2. The van der Waals surface area contributed by atoms with Crippen LogP contribution < -0.4 is 10.6 Å². The van der Waals surface area contributed by atoms with Gasteiger partial charge in [-0.1, -0.05) is 23.2 Å². The van der Waals surface area contributed by atoms with E-state index in [1.54, 1.807) is 49.8 Å².